The number of hydrogen-bond acceptors (Lipinski definition) is 1. The van der Waals surface area contributed by atoms with Crippen molar-refractivity contribution in [2.75, 3.05) is 0 Å². The molecule has 3 rings (SSSR count). The third kappa shape index (κ3) is 4.84. The molecule has 0 spiro atoms. The van der Waals surface area contributed by atoms with E-state index >= 15 is 0 Å². The van der Waals surface area contributed by atoms with Gasteiger partial charge in [-0.3, -0.25) is 0 Å². The topological polar surface area (TPSA) is 20.2 Å². The summed E-state index contributed by atoms with van der Waals surface area (Å²) in [5, 5.41) is 9.96. The summed E-state index contributed by atoms with van der Waals surface area (Å²) in [6, 6.07) is 0. The van der Waals surface area contributed by atoms with Crippen molar-refractivity contribution in [3.63, 3.8) is 0 Å². The molecule has 0 heterocycles. The van der Waals surface area contributed by atoms with Crippen LogP contribution in [0.2, 0.25) is 0 Å². The Labute approximate surface area is 174 Å². The van der Waals surface area contributed by atoms with Crippen LogP contribution < -0.4 is 0 Å². The lowest BCUT2D eigenvalue weighted by atomic mass is 9.61. The lowest BCUT2D eigenvalue weighted by molar-refractivity contribution is 0.112. The third-order valence-corrected chi connectivity index (χ3v) is 8.51. The van der Waals surface area contributed by atoms with Crippen molar-refractivity contribution >= 4 is 0 Å². The molecule has 6 atom stereocenters. The van der Waals surface area contributed by atoms with Crippen LogP contribution in [-0.4, -0.2) is 11.2 Å². The Morgan fingerprint density at radius 2 is 1.75 bits per heavy atom. The average molecular weight is 385 g/mol. The first-order chi connectivity index (χ1) is 13.3. The molecule has 0 saturated heterocycles. The Hall–Kier alpha value is -0.820. The van der Waals surface area contributed by atoms with Gasteiger partial charge < -0.3 is 5.11 Å². The summed E-state index contributed by atoms with van der Waals surface area (Å²) < 4.78 is 0. The van der Waals surface area contributed by atoms with Crippen LogP contribution in [0, 0.1) is 35.0 Å². The van der Waals surface area contributed by atoms with Crippen molar-refractivity contribution < 1.29 is 5.11 Å². The smallest absolute Gasteiger partial charge is 0.0577 e. The van der Waals surface area contributed by atoms with E-state index in [1.807, 2.05) is 0 Å². The molecule has 0 unspecified atom stereocenters. The van der Waals surface area contributed by atoms with E-state index < -0.39 is 0 Å². The second-order valence-electron chi connectivity index (χ2n) is 10.8. The zero-order valence-electron chi connectivity index (χ0n) is 19.1. The molecule has 0 aliphatic heterocycles. The number of rotatable bonds is 5. The lowest BCUT2D eigenvalue weighted by Crippen LogP contribution is -2.35. The molecular weight excluding hydrogens is 340 g/mol. The maximum Gasteiger partial charge on any atom is 0.0577 e. The highest BCUT2D eigenvalue weighted by Crippen LogP contribution is 2.59. The Kier molecular flexibility index (Phi) is 7.29. The van der Waals surface area contributed by atoms with Gasteiger partial charge in [0, 0.05) is 0 Å². The summed E-state index contributed by atoms with van der Waals surface area (Å²) >= 11 is 0. The van der Waals surface area contributed by atoms with Crippen LogP contribution in [0.4, 0.5) is 0 Å². The van der Waals surface area contributed by atoms with Crippen LogP contribution in [0.15, 0.2) is 35.5 Å². The molecule has 3 aliphatic carbocycles. The molecule has 1 nitrogen and oxygen atoms in total. The van der Waals surface area contributed by atoms with Crippen LogP contribution >= 0.6 is 0 Å². The van der Waals surface area contributed by atoms with Crippen LogP contribution in [0.5, 0.6) is 0 Å². The van der Waals surface area contributed by atoms with Gasteiger partial charge in [0.1, 0.15) is 0 Å². The highest BCUT2D eigenvalue weighted by Gasteiger charge is 2.50. The molecule has 0 aromatic carbocycles. The van der Waals surface area contributed by atoms with Gasteiger partial charge in [0.25, 0.3) is 0 Å². The van der Waals surface area contributed by atoms with Crippen molar-refractivity contribution in [1.29, 1.82) is 0 Å². The van der Waals surface area contributed by atoms with Crippen molar-refractivity contribution in [3.05, 3.63) is 35.5 Å². The molecule has 0 aromatic rings. The van der Waals surface area contributed by atoms with Crippen molar-refractivity contribution in [3.8, 4) is 0 Å². The first-order valence-corrected chi connectivity index (χ1v) is 12.1. The molecule has 3 aliphatic rings. The van der Waals surface area contributed by atoms with Crippen LogP contribution in [0.1, 0.15) is 92.4 Å². The summed E-state index contributed by atoms with van der Waals surface area (Å²) in [4.78, 5) is 0. The van der Waals surface area contributed by atoms with Crippen molar-refractivity contribution in [2.24, 2.45) is 35.0 Å². The second-order valence-corrected chi connectivity index (χ2v) is 10.8. The number of allylic oxidation sites excluding steroid dienone is 5. The first-order valence-electron chi connectivity index (χ1n) is 12.1. The standard InChI is InChI=1S/C27H44O/c1-19(2)20(3)11-12-21(4)25-15-16-26-23(9-7-17-27(25,26)5)14-13-22-8-6-10-24(28)18-22/h11-14,19-21,24-26,28H,6-10,15-18H2,1-5H3/b12-11+,22-13+,23-14+/t20-,21+,24-,25+,26-,27+/m0/s1. The van der Waals surface area contributed by atoms with Gasteiger partial charge in [0.2, 0.25) is 0 Å². The summed E-state index contributed by atoms with van der Waals surface area (Å²) in [7, 11) is 0. The Morgan fingerprint density at radius 3 is 2.46 bits per heavy atom. The fourth-order valence-electron chi connectivity index (χ4n) is 6.30. The van der Waals surface area contributed by atoms with Crippen molar-refractivity contribution in [1.82, 2.24) is 0 Å². The molecule has 28 heavy (non-hydrogen) atoms. The number of aliphatic hydroxyl groups is 1. The molecule has 0 bridgehead atoms. The molecular formula is C27H44O. The average Bonchev–Trinajstić information content (AvgIpc) is 3.01. The zero-order valence-corrected chi connectivity index (χ0v) is 19.1. The first kappa shape index (κ1) is 21.9. The van der Waals surface area contributed by atoms with Crippen molar-refractivity contribution in [2.45, 2.75) is 98.5 Å². The van der Waals surface area contributed by atoms with E-state index in [-0.39, 0.29) is 6.10 Å². The summed E-state index contributed by atoms with van der Waals surface area (Å²) in [5.41, 5.74) is 3.64. The Morgan fingerprint density at radius 1 is 0.964 bits per heavy atom. The fraction of sp³-hybridized carbons (Fsp3) is 0.778. The summed E-state index contributed by atoms with van der Waals surface area (Å²) in [6.07, 6.45) is 20.8. The SMILES string of the molecule is CC(C)[C@@H](C)/C=C/[C@@H](C)[C@H]1CC[C@H]2/C(=C/C=C3\CCC[C@H](O)C3)CCC[C@]12C. The molecule has 158 valence electrons. The van der Waals surface area contributed by atoms with Gasteiger partial charge in [0.05, 0.1) is 6.10 Å². The largest absolute Gasteiger partial charge is 0.393 e. The van der Waals surface area contributed by atoms with E-state index in [2.05, 4.69) is 58.9 Å². The maximum absolute atomic E-state index is 9.96. The number of hydrogen-bond donors (Lipinski definition) is 1. The fourth-order valence-corrected chi connectivity index (χ4v) is 6.30. The molecule has 0 aromatic heterocycles. The summed E-state index contributed by atoms with van der Waals surface area (Å²) in [6.45, 7) is 12.1. The van der Waals surface area contributed by atoms with Gasteiger partial charge in [-0.15, -0.1) is 0 Å². The molecule has 1 heteroatoms. The second kappa shape index (κ2) is 9.33. The van der Waals surface area contributed by atoms with Gasteiger partial charge in [-0.1, -0.05) is 70.1 Å². The van der Waals surface area contributed by atoms with E-state index in [0.717, 1.165) is 37.0 Å². The van der Waals surface area contributed by atoms with Crippen LogP contribution in [0.3, 0.4) is 0 Å². The van der Waals surface area contributed by atoms with Gasteiger partial charge in [-0.2, -0.15) is 0 Å². The normalized spacial score (nSPS) is 39.0. The van der Waals surface area contributed by atoms with E-state index in [1.54, 1.807) is 5.57 Å². The van der Waals surface area contributed by atoms with E-state index in [9.17, 15) is 5.11 Å². The minimum Gasteiger partial charge on any atom is -0.393 e. The highest BCUT2D eigenvalue weighted by molar-refractivity contribution is 5.26. The molecule has 3 saturated carbocycles. The predicted molar refractivity (Wildman–Crippen MR) is 121 cm³/mol. The summed E-state index contributed by atoms with van der Waals surface area (Å²) in [5.74, 6) is 3.68. The lowest BCUT2D eigenvalue weighted by Gasteiger charge is -2.44. The quantitative estimate of drug-likeness (QED) is 0.487. The number of aliphatic hydroxyl groups excluding tert-OH is 1. The Balaban J connectivity index is 1.71. The zero-order chi connectivity index (χ0) is 20.3. The van der Waals surface area contributed by atoms with E-state index in [4.69, 9.17) is 0 Å². The third-order valence-electron chi connectivity index (χ3n) is 8.51. The molecule has 3 fully saturated rings. The number of fused-ring (bicyclic) bond motifs is 1. The minimum absolute atomic E-state index is 0.105. The van der Waals surface area contributed by atoms with Gasteiger partial charge in [-0.05, 0) is 92.8 Å². The predicted octanol–water partition coefficient (Wildman–Crippen LogP) is 7.47. The monoisotopic (exact) mass is 384 g/mol. The minimum atomic E-state index is -0.105. The maximum atomic E-state index is 9.96. The molecule has 0 radical (unpaired) electrons. The van der Waals surface area contributed by atoms with Gasteiger partial charge in [-0.25, -0.2) is 0 Å². The van der Waals surface area contributed by atoms with Crippen LogP contribution in [-0.2, 0) is 0 Å². The van der Waals surface area contributed by atoms with Gasteiger partial charge >= 0.3 is 0 Å². The van der Waals surface area contributed by atoms with E-state index in [1.165, 1.54) is 44.1 Å². The Bertz CT molecular complexity index is 610. The van der Waals surface area contributed by atoms with Gasteiger partial charge in [0.15, 0.2) is 0 Å². The van der Waals surface area contributed by atoms with Crippen LogP contribution in [0.25, 0.3) is 0 Å². The highest BCUT2D eigenvalue weighted by atomic mass is 16.3. The van der Waals surface area contributed by atoms with E-state index in [0.29, 0.717) is 17.3 Å². The molecule has 1 N–H and O–H groups in total. The molecule has 0 amide bonds.